The fourth-order valence-electron chi connectivity index (χ4n) is 2.32. The van der Waals surface area contributed by atoms with Crippen LogP contribution in [0.25, 0.3) is 0 Å². The normalized spacial score (nSPS) is 38.6. The van der Waals surface area contributed by atoms with Crippen LogP contribution in [0.3, 0.4) is 0 Å². The monoisotopic (exact) mass is 198 g/mol. The summed E-state index contributed by atoms with van der Waals surface area (Å²) in [5.74, 6) is 1.31. The molecule has 0 aliphatic heterocycles. The SMILES string of the molecule is CC(C)OC1(C=O)CCC(C)C(C)C1. The van der Waals surface area contributed by atoms with Crippen LogP contribution in [-0.2, 0) is 9.53 Å². The molecule has 1 aliphatic rings. The zero-order valence-electron chi connectivity index (χ0n) is 9.75. The van der Waals surface area contributed by atoms with Crippen LogP contribution in [0.4, 0.5) is 0 Å². The Kier molecular flexibility index (Phi) is 3.71. The third-order valence-electron chi connectivity index (χ3n) is 3.35. The highest BCUT2D eigenvalue weighted by Crippen LogP contribution is 2.37. The summed E-state index contributed by atoms with van der Waals surface area (Å²) in [4.78, 5) is 11.1. The fraction of sp³-hybridized carbons (Fsp3) is 0.917. The quantitative estimate of drug-likeness (QED) is 0.652. The zero-order chi connectivity index (χ0) is 10.8. The van der Waals surface area contributed by atoms with Crippen molar-refractivity contribution < 1.29 is 9.53 Å². The Morgan fingerprint density at radius 3 is 2.43 bits per heavy atom. The van der Waals surface area contributed by atoms with Crippen molar-refractivity contribution in [1.29, 1.82) is 0 Å². The summed E-state index contributed by atoms with van der Waals surface area (Å²) in [5.41, 5.74) is -0.486. The van der Waals surface area contributed by atoms with E-state index in [-0.39, 0.29) is 6.10 Å². The molecular formula is C12H22O2. The molecule has 1 fully saturated rings. The molecule has 0 aromatic carbocycles. The second-order valence-electron chi connectivity index (χ2n) is 5.05. The van der Waals surface area contributed by atoms with Gasteiger partial charge >= 0.3 is 0 Å². The van der Waals surface area contributed by atoms with E-state index in [1.165, 1.54) is 0 Å². The Morgan fingerprint density at radius 2 is 2.00 bits per heavy atom. The minimum atomic E-state index is -0.486. The Labute approximate surface area is 87.0 Å². The van der Waals surface area contributed by atoms with Crippen LogP contribution in [0.5, 0.6) is 0 Å². The highest BCUT2D eigenvalue weighted by Gasteiger charge is 2.39. The van der Waals surface area contributed by atoms with Crippen LogP contribution in [0.15, 0.2) is 0 Å². The molecule has 2 nitrogen and oxygen atoms in total. The third-order valence-corrected chi connectivity index (χ3v) is 3.35. The molecule has 0 spiro atoms. The van der Waals surface area contributed by atoms with Gasteiger partial charge < -0.3 is 9.53 Å². The Morgan fingerprint density at radius 1 is 1.36 bits per heavy atom. The lowest BCUT2D eigenvalue weighted by atomic mass is 9.73. The van der Waals surface area contributed by atoms with Gasteiger partial charge in [0.2, 0.25) is 0 Å². The topological polar surface area (TPSA) is 26.3 Å². The average molecular weight is 198 g/mol. The maximum Gasteiger partial charge on any atom is 0.151 e. The summed E-state index contributed by atoms with van der Waals surface area (Å²) in [5, 5.41) is 0. The van der Waals surface area contributed by atoms with Crippen molar-refractivity contribution in [3.8, 4) is 0 Å². The van der Waals surface area contributed by atoms with E-state index in [9.17, 15) is 4.79 Å². The smallest absolute Gasteiger partial charge is 0.151 e. The molecule has 2 heteroatoms. The third kappa shape index (κ3) is 2.57. The lowest BCUT2D eigenvalue weighted by Gasteiger charge is -2.40. The molecule has 0 aromatic rings. The molecule has 1 aliphatic carbocycles. The van der Waals surface area contributed by atoms with Gasteiger partial charge in [0.25, 0.3) is 0 Å². The highest BCUT2D eigenvalue weighted by molar-refractivity contribution is 5.62. The first-order chi connectivity index (χ1) is 6.49. The molecule has 1 rings (SSSR count). The Bertz CT molecular complexity index is 200. The molecule has 0 bridgehead atoms. The molecule has 0 saturated heterocycles. The van der Waals surface area contributed by atoms with Crippen molar-refractivity contribution >= 4 is 6.29 Å². The number of carbonyl (C=O) groups excluding carboxylic acids is 1. The summed E-state index contributed by atoms with van der Waals surface area (Å²) in [6, 6.07) is 0. The van der Waals surface area contributed by atoms with Crippen molar-refractivity contribution in [3.63, 3.8) is 0 Å². The molecule has 0 radical (unpaired) electrons. The van der Waals surface area contributed by atoms with Gasteiger partial charge in [0, 0.05) is 0 Å². The number of rotatable bonds is 3. The minimum Gasteiger partial charge on any atom is -0.365 e. The fourth-order valence-corrected chi connectivity index (χ4v) is 2.32. The van der Waals surface area contributed by atoms with Crippen molar-refractivity contribution in [2.45, 2.75) is 58.7 Å². The molecule has 3 atom stereocenters. The summed E-state index contributed by atoms with van der Waals surface area (Å²) < 4.78 is 5.78. The maximum absolute atomic E-state index is 11.1. The molecule has 82 valence electrons. The van der Waals surface area contributed by atoms with Gasteiger partial charge in [-0.3, -0.25) is 0 Å². The summed E-state index contributed by atoms with van der Waals surface area (Å²) in [7, 11) is 0. The van der Waals surface area contributed by atoms with Gasteiger partial charge in [0.15, 0.2) is 6.29 Å². The van der Waals surface area contributed by atoms with Crippen LogP contribution in [0.1, 0.15) is 47.0 Å². The molecule has 0 amide bonds. The van der Waals surface area contributed by atoms with Crippen molar-refractivity contribution in [2.75, 3.05) is 0 Å². The number of hydrogen-bond donors (Lipinski definition) is 0. The van der Waals surface area contributed by atoms with Crippen LogP contribution >= 0.6 is 0 Å². The van der Waals surface area contributed by atoms with Gasteiger partial charge in [0.05, 0.1) is 6.10 Å². The first-order valence-electron chi connectivity index (χ1n) is 5.63. The largest absolute Gasteiger partial charge is 0.365 e. The number of hydrogen-bond acceptors (Lipinski definition) is 2. The first kappa shape index (κ1) is 11.7. The summed E-state index contributed by atoms with van der Waals surface area (Å²) >= 11 is 0. The summed E-state index contributed by atoms with van der Waals surface area (Å²) in [6.45, 7) is 8.46. The van der Waals surface area contributed by atoms with Gasteiger partial charge in [0.1, 0.15) is 5.60 Å². The van der Waals surface area contributed by atoms with E-state index in [0.29, 0.717) is 5.92 Å². The van der Waals surface area contributed by atoms with Crippen molar-refractivity contribution in [3.05, 3.63) is 0 Å². The van der Waals surface area contributed by atoms with Gasteiger partial charge in [-0.1, -0.05) is 13.8 Å². The van der Waals surface area contributed by atoms with Gasteiger partial charge in [-0.15, -0.1) is 0 Å². The second-order valence-corrected chi connectivity index (χ2v) is 5.05. The molecular weight excluding hydrogens is 176 g/mol. The molecule has 0 aromatic heterocycles. The van der Waals surface area contributed by atoms with Gasteiger partial charge in [-0.05, 0) is 44.9 Å². The molecule has 1 saturated carbocycles. The predicted molar refractivity (Wildman–Crippen MR) is 57.2 cm³/mol. The minimum absolute atomic E-state index is 0.140. The van der Waals surface area contributed by atoms with E-state index in [0.717, 1.165) is 31.5 Å². The molecule has 0 N–H and O–H groups in total. The van der Waals surface area contributed by atoms with E-state index >= 15 is 0 Å². The highest BCUT2D eigenvalue weighted by atomic mass is 16.5. The number of carbonyl (C=O) groups is 1. The predicted octanol–water partition coefficient (Wildman–Crippen LogP) is 2.81. The van der Waals surface area contributed by atoms with E-state index in [4.69, 9.17) is 4.74 Å². The standard InChI is InChI=1S/C12H22O2/c1-9(2)14-12(8-13)6-5-10(3)11(4)7-12/h8-11H,5-7H2,1-4H3. The first-order valence-corrected chi connectivity index (χ1v) is 5.63. The maximum atomic E-state index is 11.1. The van der Waals surface area contributed by atoms with E-state index in [1.807, 2.05) is 13.8 Å². The van der Waals surface area contributed by atoms with Crippen molar-refractivity contribution in [1.82, 2.24) is 0 Å². The molecule has 3 unspecified atom stereocenters. The van der Waals surface area contributed by atoms with Crippen molar-refractivity contribution in [2.24, 2.45) is 11.8 Å². The van der Waals surface area contributed by atoms with Crippen LogP contribution < -0.4 is 0 Å². The number of ether oxygens (including phenoxy) is 1. The second kappa shape index (κ2) is 4.43. The van der Waals surface area contributed by atoms with Crippen LogP contribution in [0.2, 0.25) is 0 Å². The molecule has 14 heavy (non-hydrogen) atoms. The molecule has 0 heterocycles. The van der Waals surface area contributed by atoms with E-state index in [1.54, 1.807) is 0 Å². The van der Waals surface area contributed by atoms with Crippen LogP contribution in [0, 0.1) is 11.8 Å². The lowest BCUT2D eigenvalue weighted by Crippen LogP contribution is -2.43. The van der Waals surface area contributed by atoms with Crippen LogP contribution in [-0.4, -0.2) is 18.0 Å². The lowest BCUT2D eigenvalue weighted by molar-refractivity contribution is -0.148. The van der Waals surface area contributed by atoms with E-state index < -0.39 is 5.60 Å². The van der Waals surface area contributed by atoms with Gasteiger partial charge in [-0.2, -0.15) is 0 Å². The van der Waals surface area contributed by atoms with Gasteiger partial charge in [-0.25, -0.2) is 0 Å². The number of aldehydes is 1. The zero-order valence-corrected chi connectivity index (χ0v) is 9.75. The average Bonchev–Trinajstić information content (AvgIpc) is 2.11. The Balaban J connectivity index is 2.66. The van der Waals surface area contributed by atoms with E-state index in [2.05, 4.69) is 13.8 Å². The summed E-state index contributed by atoms with van der Waals surface area (Å²) in [6.07, 6.45) is 4.04. The Hall–Kier alpha value is -0.370.